The van der Waals surface area contributed by atoms with E-state index in [2.05, 4.69) is 37.7 Å². The number of hydrogen-bond acceptors (Lipinski definition) is 1. The molecule has 0 aliphatic carbocycles. The normalized spacial score (nSPS) is 14.1. The molecule has 0 saturated heterocycles. The van der Waals surface area contributed by atoms with Crippen molar-refractivity contribution in [2.75, 3.05) is 0 Å². The third-order valence-corrected chi connectivity index (χ3v) is 7.95. The summed E-state index contributed by atoms with van der Waals surface area (Å²) in [5, 5.41) is 0. The van der Waals surface area contributed by atoms with Gasteiger partial charge in [-0.2, -0.15) is 0 Å². The van der Waals surface area contributed by atoms with Crippen molar-refractivity contribution in [2.24, 2.45) is 0 Å². The van der Waals surface area contributed by atoms with E-state index < -0.39 is 20.9 Å². The van der Waals surface area contributed by atoms with E-state index in [-0.39, 0.29) is 6.10 Å². The van der Waals surface area contributed by atoms with Gasteiger partial charge in [0.25, 0.3) is 0 Å². The van der Waals surface area contributed by atoms with Gasteiger partial charge in [-0.25, -0.2) is 0 Å². The van der Waals surface area contributed by atoms with E-state index in [1.165, 1.54) is 0 Å². The first kappa shape index (κ1) is 17.3. The summed E-state index contributed by atoms with van der Waals surface area (Å²) < 4.78 is 5.55. The third kappa shape index (κ3) is 8.07. The van der Waals surface area contributed by atoms with Gasteiger partial charge in [-0.05, 0) is 13.1 Å². The first-order valence-corrected chi connectivity index (χ1v) is 13.0. The third-order valence-electron chi connectivity index (χ3n) is 1.96. The Labute approximate surface area is 118 Å². The zero-order valence-corrected chi connectivity index (χ0v) is 14.8. The second-order valence-corrected chi connectivity index (χ2v) is 16.2. The van der Waals surface area contributed by atoms with Gasteiger partial charge in [-0.15, -0.1) is 35.3 Å². The zero-order chi connectivity index (χ0) is 13.7. The van der Waals surface area contributed by atoms with Crippen LogP contribution >= 0.6 is 23.2 Å². The van der Waals surface area contributed by atoms with Gasteiger partial charge in [0.1, 0.15) is 18.6 Å². The van der Waals surface area contributed by atoms with Crippen LogP contribution in [0.2, 0.25) is 32.7 Å². The molecule has 0 saturated carbocycles. The number of alkyl halides is 2. The summed E-state index contributed by atoms with van der Waals surface area (Å²) >= 11 is 11.9. The Bertz CT molecular complexity index is 311. The van der Waals surface area contributed by atoms with Crippen LogP contribution < -0.4 is 0 Å². The fourth-order valence-corrected chi connectivity index (χ4v) is 2.90. The maximum atomic E-state index is 5.99. The van der Waals surface area contributed by atoms with E-state index >= 15 is 0 Å². The van der Waals surface area contributed by atoms with Crippen molar-refractivity contribution in [3.05, 3.63) is 12.7 Å². The highest BCUT2D eigenvalue weighted by molar-refractivity contribution is 6.88. The van der Waals surface area contributed by atoms with Crippen LogP contribution in [0.15, 0.2) is 12.7 Å². The molecule has 0 radical (unpaired) electrons. The first-order chi connectivity index (χ1) is 7.58. The smallest absolute Gasteiger partial charge is 0.221 e. The lowest BCUT2D eigenvalue weighted by molar-refractivity contribution is 0.253. The van der Waals surface area contributed by atoms with Crippen molar-refractivity contribution in [2.45, 2.75) is 49.7 Å². The van der Waals surface area contributed by atoms with E-state index in [9.17, 15) is 0 Å². The molecule has 0 aromatic carbocycles. The van der Waals surface area contributed by atoms with E-state index in [0.29, 0.717) is 6.42 Å². The molecule has 1 nitrogen and oxygen atoms in total. The molecule has 0 aromatic rings. The quantitative estimate of drug-likeness (QED) is 0.317. The van der Waals surface area contributed by atoms with Crippen LogP contribution in [-0.4, -0.2) is 27.0 Å². The predicted molar refractivity (Wildman–Crippen MR) is 83.8 cm³/mol. The van der Waals surface area contributed by atoms with E-state index in [0.717, 1.165) is 0 Å². The largest absolute Gasteiger partial charge is 0.401 e. The molecular weight excluding hydrogens is 287 g/mol. The minimum Gasteiger partial charge on any atom is -0.401 e. The Balaban J connectivity index is 4.75. The topological polar surface area (TPSA) is 9.23 Å². The van der Waals surface area contributed by atoms with E-state index in [1.807, 2.05) is 19.2 Å². The molecule has 0 heterocycles. The lowest BCUT2D eigenvalue weighted by Crippen LogP contribution is -2.42. The van der Waals surface area contributed by atoms with Gasteiger partial charge >= 0.3 is 0 Å². The molecule has 0 spiro atoms. The average Bonchev–Trinajstić information content (AvgIpc) is 2.12. The summed E-state index contributed by atoms with van der Waals surface area (Å²) in [5.41, 5.74) is 3.32. The molecule has 0 aromatic heterocycles. The van der Waals surface area contributed by atoms with Crippen LogP contribution in [0.5, 0.6) is 0 Å². The number of hydrogen-bond donors (Lipinski definition) is 0. The predicted octanol–water partition coefficient (Wildman–Crippen LogP) is 4.38. The van der Waals surface area contributed by atoms with E-state index in [1.54, 1.807) is 0 Å². The lowest BCUT2D eigenvalue weighted by Gasteiger charge is -2.27. The van der Waals surface area contributed by atoms with Crippen molar-refractivity contribution in [3.63, 3.8) is 0 Å². The Morgan fingerprint density at radius 2 is 1.76 bits per heavy atom. The van der Waals surface area contributed by atoms with Gasteiger partial charge < -0.3 is 4.43 Å². The number of halogens is 2. The van der Waals surface area contributed by atoms with Crippen molar-refractivity contribution in [3.8, 4) is 11.5 Å². The second kappa shape index (κ2) is 7.01. The Morgan fingerprint density at radius 3 is 2.12 bits per heavy atom. The highest BCUT2D eigenvalue weighted by Gasteiger charge is 2.33. The molecule has 1 unspecified atom stereocenters. The molecule has 0 bridgehead atoms. The van der Waals surface area contributed by atoms with E-state index in [4.69, 9.17) is 27.6 Å². The molecule has 0 aliphatic rings. The molecule has 98 valence electrons. The Morgan fingerprint density at radius 1 is 1.24 bits per heavy atom. The van der Waals surface area contributed by atoms with Gasteiger partial charge in [0, 0.05) is 6.42 Å². The molecular formula is C12H22Cl2OSi2. The summed E-state index contributed by atoms with van der Waals surface area (Å²) in [6, 6.07) is 0. The summed E-state index contributed by atoms with van der Waals surface area (Å²) in [7, 11) is -3.46. The summed E-state index contributed by atoms with van der Waals surface area (Å²) in [6.07, 6.45) is 2.42. The first-order valence-electron chi connectivity index (χ1n) is 5.68. The molecule has 1 atom stereocenters. The molecule has 0 amide bonds. The summed E-state index contributed by atoms with van der Waals surface area (Å²) in [6.45, 7) is 14.4. The average molecular weight is 309 g/mol. The maximum Gasteiger partial charge on any atom is 0.221 e. The van der Waals surface area contributed by atoms with Crippen LogP contribution in [0.4, 0.5) is 0 Å². The minimum atomic E-state index is -2.08. The molecule has 0 aliphatic heterocycles. The molecule has 0 fully saturated rings. The fourth-order valence-electron chi connectivity index (χ4n) is 1.00. The van der Waals surface area contributed by atoms with Gasteiger partial charge in [0.2, 0.25) is 8.32 Å². The second-order valence-electron chi connectivity index (χ2n) is 5.55. The van der Waals surface area contributed by atoms with Crippen molar-refractivity contribution < 1.29 is 4.43 Å². The molecule has 0 rings (SSSR count). The highest BCUT2D eigenvalue weighted by atomic mass is 35.5. The van der Waals surface area contributed by atoms with Crippen LogP contribution in [0.3, 0.4) is 0 Å². The monoisotopic (exact) mass is 308 g/mol. The lowest BCUT2D eigenvalue weighted by atomic mass is 10.3. The maximum absolute atomic E-state index is 5.99. The molecule has 17 heavy (non-hydrogen) atoms. The molecule has 5 heteroatoms. The highest BCUT2D eigenvalue weighted by Crippen LogP contribution is 2.22. The zero-order valence-electron chi connectivity index (χ0n) is 11.3. The molecule has 0 N–H and O–H groups in total. The Kier molecular flexibility index (Phi) is 7.12. The van der Waals surface area contributed by atoms with Gasteiger partial charge in [0.05, 0.1) is 0 Å². The summed E-state index contributed by atoms with van der Waals surface area (Å²) in [5.74, 6) is 3.21. The fraction of sp³-hybridized carbons (Fsp3) is 0.667. The van der Waals surface area contributed by atoms with Crippen LogP contribution in [0, 0.1) is 11.5 Å². The minimum absolute atomic E-state index is 0.124. The van der Waals surface area contributed by atoms with Crippen LogP contribution in [-0.2, 0) is 4.43 Å². The van der Waals surface area contributed by atoms with Crippen LogP contribution in [0.25, 0.3) is 0 Å². The SMILES string of the molecule is C=CCC(C#C[Si](C)(C)C)O[Si](C)(C)C(Cl)Cl. The standard InChI is InChI=1S/C12H22Cl2OSi2/c1-7-8-11(9-10-16(2,3)4)15-17(5,6)12(13)14/h7,11-12H,1,8H2,2-6H3. The van der Waals surface area contributed by atoms with Gasteiger partial charge in [-0.1, -0.05) is 31.6 Å². The number of rotatable bonds is 5. The van der Waals surface area contributed by atoms with Gasteiger partial charge in [-0.3, -0.25) is 0 Å². The Hall–Kier alpha value is 0.274. The van der Waals surface area contributed by atoms with Crippen molar-refractivity contribution in [1.82, 2.24) is 0 Å². The summed E-state index contributed by atoms with van der Waals surface area (Å²) in [4.78, 5) is 0. The van der Waals surface area contributed by atoms with Crippen molar-refractivity contribution >= 4 is 39.6 Å². The van der Waals surface area contributed by atoms with Crippen molar-refractivity contribution in [1.29, 1.82) is 0 Å². The van der Waals surface area contributed by atoms with Crippen LogP contribution in [0.1, 0.15) is 6.42 Å². The van der Waals surface area contributed by atoms with Gasteiger partial charge in [0.15, 0.2) is 0 Å².